The van der Waals surface area contributed by atoms with Crippen molar-refractivity contribution < 1.29 is 4.79 Å². The van der Waals surface area contributed by atoms with Crippen molar-refractivity contribution in [2.45, 2.75) is 31.7 Å². The summed E-state index contributed by atoms with van der Waals surface area (Å²) in [5.41, 5.74) is 4.43. The van der Waals surface area contributed by atoms with Crippen molar-refractivity contribution in [2.24, 2.45) is 0 Å². The number of aryl methyl sites for hydroxylation is 1. The van der Waals surface area contributed by atoms with Gasteiger partial charge < -0.3 is 10.2 Å². The Hall–Kier alpha value is -2.13. The molecule has 0 aromatic heterocycles. The number of nitrogens with one attached hydrogen (secondary N) is 1. The molecular weight excluding hydrogens is 284 g/mol. The number of anilines is 1. The Morgan fingerprint density at radius 1 is 1.09 bits per heavy atom. The summed E-state index contributed by atoms with van der Waals surface area (Å²) in [4.78, 5) is 15.3. The Morgan fingerprint density at radius 2 is 1.83 bits per heavy atom. The quantitative estimate of drug-likeness (QED) is 0.924. The topological polar surface area (TPSA) is 32.3 Å². The van der Waals surface area contributed by atoms with Gasteiger partial charge in [-0.05, 0) is 50.0 Å². The number of amides is 1. The van der Waals surface area contributed by atoms with Crippen LogP contribution in [0.1, 0.15) is 29.5 Å². The normalized spacial score (nSPS) is 19.2. The van der Waals surface area contributed by atoms with Gasteiger partial charge in [-0.25, -0.2) is 0 Å². The molecular formula is C20H22N2O. The highest BCUT2D eigenvalue weighted by Gasteiger charge is 2.50. The zero-order valence-electron chi connectivity index (χ0n) is 13.5. The van der Waals surface area contributed by atoms with E-state index in [0.29, 0.717) is 6.54 Å². The predicted molar refractivity (Wildman–Crippen MR) is 92.6 cm³/mol. The van der Waals surface area contributed by atoms with E-state index >= 15 is 0 Å². The lowest BCUT2D eigenvalue weighted by molar-refractivity contribution is -0.124. The van der Waals surface area contributed by atoms with Gasteiger partial charge in [0.05, 0.1) is 12.0 Å². The second-order valence-corrected chi connectivity index (χ2v) is 6.73. The minimum Gasteiger partial charge on any atom is -0.317 e. The summed E-state index contributed by atoms with van der Waals surface area (Å²) in [6.45, 7) is 4.60. The largest absolute Gasteiger partial charge is 0.317 e. The second-order valence-electron chi connectivity index (χ2n) is 6.73. The molecule has 1 amide bonds. The minimum atomic E-state index is -0.318. The molecule has 1 spiro atoms. The first-order chi connectivity index (χ1) is 11.2. The highest BCUT2D eigenvalue weighted by Crippen LogP contribution is 2.47. The van der Waals surface area contributed by atoms with E-state index in [0.717, 1.165) is 31.6 Å². The van der Waals surface area contributed by atoms with E-state index in [4.69, 9.17) is 0 Å². The number of carbonyl (C=O) groups is 1. The van der Waals surface area contributed by atoms with Crippen LogP contribution in [0.15, 0.2) is 48.5 Å². The average Bonchev–Trinajstić information content (AvgIpc) is 2.79. The maximum atomic E-state index is 13.4. The molecule has 118 valence electrons. The Labute approximate surface area is 137 Å². The molecule has 1 N–H and O–H groups in total. The number of hydrogen-bond acceptors (Lipinski definition) is 2. The van der Waals surface area contributed by atoms with Crippen molar-refractivity contribution in [2.75, 3.05) is 18.0 Å². The van der Waals surface area contributed by atoms with Crippen LogP contribution >= 0.6 is 0 Å². The molecule has 2 aromatic carbocycles. The van der Waals surface area contributed by atoms with E-state index in [1.807, 2.05) is 23.1 Å². The van der Waals surface area contributed by atoms with Gasteiger partial charge in [0.25, 0.3) is 0 Å². The van der Waals surface area contributed by atoms with Crippen LogP contribution in [-0.4, -0.2) is 19.0 Å². The molecule has 0 saturated carbocycles. The monoisotopic (exact) mass is 306 g/mol. The minimum absolute atomic E-state index is 0.281. The van der Waals surface area contributed by atoms with Gasteiger partial charge in [0.2, 0.25) is 5.91 Å². The molecule has 0 aliphatic carbocycles. The van der Waals surface area contributed by atoms with Gasteiger partial charge in [0, 0.05) is 5.69 Å². The van der Waals surface area contributed by atoms with E-state index in [9.17, 15) is 4.79 Å². The molecule has 1 saturated heterocycles. The first-order valence-corrected chi connectivity index (χ1v) is 8.38. The van der Waals surface area contributed by atoms with Crippen molar-refractivity contribution in [3.63, 3.8) is 0 Å². The number of rotatable bonds is 2. The van der Waals surface area contributed by atoms with Gasteiger partial charge in [0.1, 0.15) is 0 Å². The van der Waals surface area contributed by atoms with Gasteiger partial charge in [0.15, 0.2) is 0 Å². The third-order valence-corrected chi connectivity index (χ3v) is 5.25. The number of hydrogen-bond donors (Lipinski definition) is 1. The van der Waals surface area contributed by atoms with Crippen molar-refractivity contribution in [3.05, 3.63) is 65.2 Å². The molecule has 2 aromatic rings. The Bertz CT molecular complexity index is 733. The lowest BCUT2D eigenvalue weighted by atomic mass is 9.74. The standard InChI is InChI=1S/C20H22N2O/c1-15-7-8-18-17(13-15)20(9-11-21-12-10-20)19(23)22(18)14-16-5-3-2-4-6-16/h2-8,13,21H,9-12,14H2,1H3. The summed E-state index contributed by atoms with van der Waals surface area (Å²) in [6, 6.07) is 16.7. The maximum absolute atomic E-state index is 13.4. The van der Waals surface area contributed by atoms with E-state index in [2.05, 4.69) is 42.6 Å². The molecule has 3 heteroatoms. The smallest absolute Gasteiger partial charge is 0.238 e. The molecule has 0 radical (unpaired) electrons. The summed E-state index contributed by atoms with van der Waals surface area (Å²) in [7, 11) is 0. The van der Waals surface area contributed by atoms with Crippen LogP contribution in [0, 0.1) is 6.92 Å². The fourth-order valence-electron chi connectivity index (χ4n) is 4.01. The van der Waals surface area contributed by atoms with Crippen LogP contribution in [0.3, 0.4) is 0 Å². The first kappa shape index (κ1) is 14.5. The van der Waals surface area contributed by atoms with Gasteiger partial charge in [-0.2, -0.15) is 0 Å². The van der Waals surface area contributed by atoms with Crippen LogP contribution < -0.4 is 10.2 Å². The molecule has 3 nitrogen and oxygen atoms in total. The SMILES string of the molecule is Cc1ccc2c(c1)C1(CCNCC1)C(=O)N2Cc1ccccc1. The fraction of sp³-hybridized carbons (Fsp3) is 0.350. The van der Waals surface area contributed by atoms with Crippen LogP contribution in [-0.2, 0) is 16.8 Å². The summed E-state index contributed by atoms with van der Waals surface area (Å²) in [5.74, 6) is 0.281. The van der Waals surface area contributed by atoms with Crippen molar-refractivity contribution in [3.8, 4) is 0 Å². The lowest BCUT2D eigenvalue weighted by Gasteiger charge is -2.33. The zero-order chi connectivity index (χ0) is 15.9. The highest BCUT2D eigenvalue weighted by molar-refractivity contribution is 6.08. The van der Waals surface area contributed by atoms with Crippen LogP contribution in [0.4, 0.5) is 5.69 Å². The Kier molecular flexibility index (Phi) is 3.46. The van der Waals surface area contributed by atoms with E-state index in [-0.39, 0.29) is 11.3 Å². The number of nitrogens with zero attached hydrogens (tertiary/aromatic N) is 1. The molecule has 0 unspecified atom stereocenters. The van der Waals surface area contributed by atoms with Crippen LogP contribution in [0.2, 0.25) is 0 Å². The van der Waals surface area contributed by atoms with Crippen LogP contribution in [0.5, 0.6) is 0 Å². The summed E-state index contributed by atoms with van der Waals surface area (Å²) < 4.78 is 0. The lowest BCUT2D eigenvalue weighted by Crippen LogP contribution is -2.47. The molecule has 1 fully saturated rings. The zero-order valence-corrected chi connectivity index (χ0v) is 13.5. The van der Waals surface area contributed by atoms with Gasteiger partial charge in [-0.15, -0.1) is 0 Å². The van der Waals surface area contributed by atoms with Crippen molar-refractivity contribution in [1.82, 2.24) is 5.32 Å². The molecule has 2 aliphatic rings. The third kappa shape index (κ3) is 2.27. The fourth-order valence-corrected chi connectivity index (χ4v) is 4.01. The average molecular weight is 306 g/mol. The number of fused-ring (bicyclic) bond motifs is 2. The second kappa shape index (κ2) is 5.50. The van der Waals surface area contributed by atoms with Crippen molar-refractivity contribution in [1.29, 1.82) is 0 Å². The van der Waals surface area contributed by atoms with Crippen molar-refractivity contribution >= 4 is 11.6 Å². The summed E-state index contributed by atoms with van der Waals surface area (Å²) >= 11 is 0. The van der Waals surface area contributed by atoms with Gasteiger partial charge >= 0.3 is 0 Å². The number of benzene rings is 2. The first-order valence-electron chi connectivity index (χ1n) is 8.38. The number of carbonyl (C=O) groups excluding carboxylic acids is 1. The van der Waals surface area contributed by atoms with E-state index < -0.39 is 0 Å². The maximum Gasteiger partial charge on any atom is 0.238 e. The van der Waals surface area contributed by atoms with Gasteiger partial charge in [-0.3, -0.25) is 4.79 Å². The number of piperidine rings is 1. The summed E-state index contributed by atoms with van der Waals surface area (Å²) in [6.07, 6.45) is 1.79. The van der Waals surface area contributed by atoms with E-state index in [1.54, 1.807) is 0 Å². The molecule has 2 aliphatic heterocycles. The van der Waals surface area contributed by atoms with Gasteiger partial charge in [-0.1, -0.05) is 48.0 Å². The molecule has 4 rings (SSSR count). The Balaban J connectivity index is 1.78. The molecule has 0 atom stereocenters. The Morgan fingerprint density at radius 3 is 2.57 bits per heavy atom. The van der Waals surface area contributed by atoms with E-state index in [1.165, 1.54) is 16.7 Å². The third-order valence-electron chi connectivity index (χ3n) is 5.25. The molecule has 2 heterocycles. The molecule has 23 heavy (non-hydrogen) atoms. The highest BCUT2D eigenvalue weighted by atomic mass is 16.2. The predicted octanol–water partition coefficient (Wildman–Crippen LogP) is 3.16. The van der Waals surface area contributed by atoms with Crippen LogP contribution in [0.25, 0.3) is 0 Å². The summed E-state index contributed by atoms with van der Waals surface area (Å²) in [5, 5.41) is 3.40. The molecule has 0 bridgehead atoms.